The van der Waals surface area contributed by atoms with Crippen molar-refractivity contribution in [1.82, 2.24) is 0 Å². The van der Waals surface area contributed by atoms with E-state index in [1.54, 1.807) is 21.3 Å². The highest BCUT2D eigenvalue weighted by molar-refractivity contribution is 14.1. The molecule has 0 aliphatic rings. The van der Waals surface area contributed by atoms with Crippen molar-refractivity contribution in [2.75, 3.05) is 25.8 Å². The lowest BCUT2D eigenvalue weighted by Gasteiger charge is -2.36. The Morgan fingerprint density at radius 3 is 1.50 bits per heavy atom. The third-order valence-corrected chi connectivity index (χ3v) is 5.71. The average molecular weight is 456 g/mol. The van der Waals surface area contributed by atoms with E-state index in [1.807, 2.05) is 0 Å². The van der Waals surface area contributed by atoms with Crippen LogP contribution in [0.15, 0.2) is 0 Å². The lowest BCUT2D eigenvalue weighted by molar-refractivity contribution is -0.380. The zero-order valence-electron chi connectivity index (χ0n) is 16.6. The van der Waals surface area contributed by atoms with Crippen LogP contribution in [0.3, 0.4) is 0 Å². The fourth-order valence-electron chi connectivity index (χ4n) is 3.43. The van der Waals surface area contributed by atoms with Crippen molar-refractivity contribution < 1.29 is 14.2 Å². The monoisotopic (exact) mass is 456 g/mol. The van der Waals surface area contributed by atoms with Gasteiger partial charge in [0.1, 0.15) is 0 Å². The second kappa shape index (κ2) is 17.0. The number of hydrogen-bond donors (Lipinski definition) is 0. The standard InChI is InChI=1S/C20H41IO3/c1-5-6-7-8-10-13-16-19(20(22-2,23-3)24-4)17-14-11-9-12-15-18-21/h19H,5-18H2,1-4H3. The number of unbranched alkanes of at least 4 members (excludes halogenated alkanes) is 9. The van der Waals surface area contributed by atoms with Crippen LogP contribution in [0.1, 0.15) is 90.4 Å². The number of halogens is 1. The molecular formula is C20H41IO3. The number of hydrogen-bond acceptors (Lipinski definition) is 3. The van der Waals surface area contributed by atoms with Crippen molar-refractivity contribution in [3.8, 4) is 0 Å². The molecule has 0 N–H and O–H groups in total. The molecule has 3 nitrogen and oxygen atoms in total. The molecule has 0 heterocycles. The molecule has 0 radical (unpaired) electrons. The van der Waals surface area contributed by atoms with Crippen LogP contribution in [0.5, 0.6) is 0 Å². The third kappa shape index (κ3) is 10.6. The van der Waals surface area contributed by atoms with Crippen molar-refractivity contribution in [1.29, 1.82) is 0 Å². The molecule has 0 aromatic rings. The summed E-state index contributed by atoms with van der Waals surface area (Å²) >= 11 is 2.46. The third-order valence-electron chi connectivity index (χ3n) is 4.95. The van der Waals surface area contributed by atoms with Crippen LogP contribution in [0.2, 0.25) is 0 Å². The largest absolute Gasteiger partial charge is 0.331 e. The quantitative estimate of drug-likeness (QED) is 0.0992. The minimum Gasteiger partial charge on any atom is -0.331 e. The summed E-state index contributed by atoms with van der Waals surface area (Å²) in [5.41, 5.74) is 0. The van der Waals surface area contributed by atoms with Gasteiger partial charge in [-0.1, -0.05) is 93.7 Å². The molecular weight excluding hydrogens is 415 g/mol. The molecule has 0 bridgehead atoms. The van der Waals surface area contributed by atoms with Gasteiger partial charge in [-0.3, -0.25) is 0 Å². The Kier molecular flexibility index (Phi) is 17.5. The van der Waals surface area contributed by atoms with Gasteiger partial charge in [0.2, 0.25) is 0 Å². The summed E-state index contributed by atoms with van der Waals surface area (Å²) < 4.78 is 18.2. The summed E-state index contributed by atoms with van der Waals surface area (Å²) in [6.07, 6.45) is 16.7. The van der Waals surface area contributed by atoms with Crippen LogP contribution < -0.4 is 0 Å². The van der Waals surface area contributed by atoms with E-state index in [0.717, 1.165) is 12.8 Å². The highest BCUT2D eigenvalue weighted by Gasteiger charge is 2.39. The molecule has 4 heteroatoms. The first-order chi connectivity index (χ1) is 11.7. The van der Waals surface area contributed by atoms with E-state index in [-0.39, 0.29) is 0 Å². The van der Waals surface area contributed by atoms with Crippen molar-refractivity contribution in [2.24, 2.45) is 5.92 Å². The van der Waals surface area contributed by atoms with E-state index in [0.29, 0.717) is 5.92 Å². The SMILES string of the molecule is CCCCCCCCC(CCCCCCCI)C(OC)(OC)OC. The highest BCUT2D eigenvalue weighted by atomic mass is 127. The van der Waals surface area contributed by atoms with Gasteiger partial charge < -0.3 is 14.2 Å². The molecule has 0 fully saturated rings. The van der Waals surface area contributed by atoms with Gasteiger partial charge in [0, 0.05) is 27.2 Å². The summed E-state index contributed by atoms with van der Waals surface area (Å²) in [4.78, 5) is 0. The normalized spacial score (nSPS) is 13.4. The fraction of sp³-hybridized carbons (Fsp3) is 1.00. The first-order valence-electron chi connectivity index (χ1n) is 9.92. The van der Waals surface area contributed by atoms with Gasteiger partial charge in [-0.05, 0) is 23.7 Å². The summed E-state index contributed by atoms with van der Waals surface area (Å²) in [5, 5.41) is 0. The molecule has 0 aromatic heterocycles. The van der Waals surface area contributed by atoms with Gasteiger partial charge in [0.25, 0.3) is 5.97 Å². The van der Waals surface area contributed by atoms with Crippen molar-refractivity contribution in [3.63, 3.8) is 0 Å². The first kappa shape index (κ1) is 24.6. The lowest BCUT2D eigenvalue weighted by Crippen LogP contribution is -2.44. The first-order valence-corrected chi connectivity index (χ1v) is 11.4. The second-order valence-electron chi connectivity index (χ2n) is 6.71. The molecule has 0 aromatic carbocycles. The summed E-state index contributed by atoms with van der Waals surface area (Å²) in [7, 11) is 5.09. The lowest BCUT2D eigenvalue weighted by atomic mass is 9.91. The zero-order valence-corrected chi connectivity index (χ0v) is 18.7. The summed E-state index contributed by atoms with van der Waals surface area (Å²) in [5.74, 6) is -0.556. The molecule has 0 aliphatic heterocycles. The molecule has 1 atom stereocenters. The van der Waals surface area contributed by atoms with Crippen molar-refractivity contribution in [2.45, 2.75) is 96.4 Å². The molecule has 0 saturated carbocycles. The Balaban J connectivity index is 4.28. The molecule has 0 amide bonds. The number of methoxy groups -OCH3 is 3. The molecule has 146 valence electrons. The minimum atomic E-state index is -0.869. The summed E-state index contributed by atoms with van der Waals surface area (Å²) in [6, 6.07) is 0. The van der Waals surface area contributed by atoms with Gasteiger partial charge >= 0.3 is 0 Å². The van der Waals surface area contributed by atoms with E-state index in [1.165, 1.54) is 75.1 Å². The predicted molar refractivity (Wildman–Crippen MR) is 112 cm³/mol. The Labute approximate surface area is 164 Å². The Morgan fingerprint density at radius 2 is 1.08 bits per heavy atom. The van der Waals surface area contributed by atoms with Gasteiger partial charge in [-0.2, -0.15) is 0 Å². The molecule has 0 rings (SSSR count). The maximum absolute atomic E-state index is 5.64. The smallest absolute Gasteiger partial charge is 0.285 e. The predicted octanol–water partition coefficient (Wildman–Crippen LogP) is 6.72. The average Bonchev–Trinajstić information content (AvgIpc) is 2.62. The van der Waals surface area contributed by atoms with Crippen molar-refractivity contribution in [3.05, 3.63) is 0 Å². The number of rotatable bonds is 18. The van der Waals surface area contributed by atoms with E-state index >= 15 is 0 Å². The van der Waals surface area contributed by atoms with E-state index in [4.69, 9.17) is 14.2 Å². The van der Waals surface area contributed by atoms with Gasteiger partial charge in [0.15, 0.2) is 0 Å². The van der Waals surface area contributed by atoms with Crippen LogP contribution in [-0.4, -0.2) is 31.7 Å². The van der Waals surface area contributed by atoms with E-state index in [2.05, 4.69) is 29.5 Å². The molecule has 24 heavy (non-hydrogen) atoms. The van der Waals surface area contributed by atoms with Crippen molar-refractivity contribution >= 4 is 22.6 Å². The molecule has 0 aliphatic carbocycles. The summed E-state index contributed by atoms with van der Waals surface area (Å²) in [6.45, 7) is 2.26. The van der Waals surface area contributed by atoms with Crippen LogP contribution in [0.25, 0.3) is 0 Å². The van der Waals surface area contributed by atoms with Crippen LogP contribution in [-0.2, 0) is 14.2 Å². The Morgan fingerprint density at radius 1 is 0.667 bits per heavy atom. The topological polar surface area (TPSA) is 27.7 Å². The second-order valence-corrected chi connectivity index (χ2v) is 7.79. The highest BCUT2D eigenvalue weighted by Crippen LogP contribution is 2.33. The minimum absolute atomic E-state index is 0.313. The molecule has 0 spiro atoms. The maximum Gasteiger partial charge on any atom is 0.285 e. The zero-order chi connectivity index (χ0) is 18.1. The van der Waals surface area contributed by atoms with Gasteiger partial charge in [-0.25, -0.2) is 0 Å². The maximum atomic E-state index is 5.64. The van der Waals surface area contributed by atoms with Crippen LogP contribution in [0.4, 0.5) is 0 Å². The van der Waals surface area contributed by atoms with Gasteiger partial charge in [0.05, 0.1) is 0 Å². The number of ether oxygens (including phenoxy) is 3. The van der Waals surface area contributed by atoms with E-state index in [9.17, 15) is 0 Å². The number of alkyl halides is 1. The molecule has 1 unspecified atom stereocenters. The van der Waals surface area contributed by atoms with Crippen LogP contribution >= 0.6 is 22.6 Å². The van der Waals surface area contributed by atoms with Crippen LogP contribution in [0, 0.1) is 5.92 Å². The van der Waals surface area contributed by atoms with Gasteiger partial charge in [-0.15, -0.1) is 0 Å². The fourth-order valence-corrected chi connectivity index (χ4v) is 3.97. The Bertz CT molecular complexity index is 233. The molecule has 0 saturated heterocycles. The Hall–Kier alpha value is 0.610. The van der Waals surface area contributed by atoms with E-state index < -0.39 is 5.97 Å².